The lowest BCUT2D eigenvalue weighted by atomic mass is 9.84. The van der Waals surface area contributed by atoms with Gasteiger partial charge in [-0.05, 0) is 77.6 Å². The number of aryl methyl sites for hydroxylation is 1. The highest BCUT2D eigenvalue weighted by Gasteiger charge is 2.31. The summed E-state index contributed by atoms with van der Waals surface area (Å²) in [4.78, 5) is 4.87. The highest BCUT2D eigenvalue weighted by atomic mass is 19.4. The number of pyridine rings is 1. The van der Waals surface area contributed by atoms with E-state index in [9.17, 15) is 18.3 Å². The minimum absolute atomic E-state index is 0.0680. The molecule has 1 aromatic heterocycles. The molecule has 5 rings (SSSR count). The van der Waals surface area contributed by atoms with Gasteiger partial charge in [0.25, 0.3) is 0 Å². The molecule has 0 bridgehead atoms. The van der Waals surface area contributed by atoms with Gasteiger partial charge in [0.2, 0.25) is 0 Å². The van der Waals surface area contributed by atoms with Crippen molar-refractivity contribution in [3.8, 4) is 45.1 Å². The zero-order chi connectivity index (χ0) is 23.2. The maximum atomic E-state index is 12.8. The topological polar surface area (TPSA) is 68.4 Å². The Hall–Kier alpha value is -4.00. The smallest absolute Gasteiger partial charge is 0.507 e. The van der Waals surface area contributed by atoms with Crippen molar-refractivity contribution in [1.82, 2.24) is 4.98 Å². The van der Waals surface area contributed by atoms with Crippen LogP contribution in [-0.2, 0) is 12.8 Å². The Bertz CT molecular complexity index is 1370. The Kier molecular flexibility index (Phi) is 4.96. The maximum absolute atomic E-state index is 12.8. The van der Waals surface area contributed by atoms with Crippen molar-refractivity contribution >= 4 is 5.69 Å². The number of nitrogens with two attached hydrogens (primary N) is 1. The van der Waals surface area contributed by atoms with E-state index in [0.29, 0.717) is 28.9 Å². The number of hydrogen-bond acceptors (Lipinski definition) is 4. The molecule has 0 saturated carbocycles. The third-order valence-electron chi connectivity index (χ3n) is 5.71. The van der Waals surface area contributed by atoms with Crippen LogP contribution in [0, 0.1) is 0 Å². The summed E-state index contributed by atoms with van der Waals surface area (Å²) >= 11 is 0. The Labute approximate surface area is 188 Å². The molecule has 7 heteroatoms. The number of phenolic OH excluding ortho intramolecular Hbond substituents is 1. The minimum Gasteiger partial charge on any atom is -0.507 e. The average molecular weight is 448 g/mol. The van der Waals surface area contributed by atoms with Crippen molar-refractivity contribution in [2.45, 2.75) is 19.2 Å². The summed E-state index contributed by atoms with van der Waals surface area (Å²) in [5.41, 5.74) is 12.6. The zero-order valence-electron chi connectivity index (χ0n) is 17.4. The van der Waals surface area contributed by atoms with E-state index in [2.05, 4.69) is 4.74 Å². The molecule has 0 unspecified atom stereocenters. The van der Waals surface area contributed by atoms with Crippen LogP contribution in [0.1, 0.15) is 11.1 Å². The molecule has 0 atom stereocenters. The molecule has 1 aliphatic carbocycles. The Morgan fingerprint density at radius 1 is 0.848 bits per heavy atom. The molecule has 3 N–H and O–H groups in total. The Morgan fingerprint density at radius 2 is 1.67 bits per heavy atom. The molecule has 0 amide bonds. The summed E-state index contributed by atoms with van der Waals surface area (Å²) in [6.07, 6.45) is -3.40. The molecular weight excluding hydrogens is 429 g/mol. The molecule has 3 aromatic carbocycles. The number of anilines is 1. The molecule has 1 aliphatic rings. The van der Waals surface area contributed by atoms with Gasteiger partial charge in [0.05, 0.1) is 11.4 Å². The third-order valence-corrected chi connectivity index (χ3v) is 5.71. The lowest BCUT2D eigenvalue weighted by Crippen LogP contribution is -2.17. The van der Waals surface area contributed by atoms with Gasteiger partial charge in [-0.25, -0.2) is 4.98 Å². The highest BCUT2D eigenvalue weighted by molar-refractivity contribution is 5.84. The van der Waals surface area contributed by atoms with Crippen LogP contribution in [0.4, 0.5) is 18.9 Å². The summed E-state index contributed by atoms with van der Waals surface area (Å²) < 4.78 is 42.6. The van der Waals surface area contributed by atoms with Crippen LogP contribution in [0.25, 0.3) is 33.6 Å². The number of fused-ring (bicyclic) bond motifs is 3. The number of nitrogen functional groups attached to an aromatic ring is 1. The van der Waals surface area contributed by atoms with Crippen LogP contribution in [-0.4, -0.2) is 16.5 Å². The Balaban J connectivity index is 1.74. The fourth-order valence-electron chi connectivity index (χ4n) is 4.31. The molecule has 0 radical (unpaired) electrons. The highest BCUT2D eigenvalue weighted by Crippen LogP contribution is 2.42. The van der Waals surface area contributed by atoms with E-state index in [1.54, 1.807) is 36.4 Å². The van der Waals surface area contributed by atoms with Crippen molar-refractivity contribution in [1.29, 1.82) is 0 Å². The minimum atomic E-state index is -4.78. The van der Waals surface area contributed by atoms with Gasteiger partial charge in [-0.15, -0.1) is 13.2 Å². The number of aromatic nitrogens is 1. The van der Waals surface area contributed by atoms with Gasteiger partial charge in [-0.1, -0.05) is 30.3 Å². The first kappa shape index (κ1) is 20.9. The number of alkyl halides is 3. The number of para-hydroxylation sites is 1. The van der Waals surface area contributed by atoms with Gasteiger partial charge >= 0.3 is 6.36 Å². The monoisotopic (exact) mass is 448 g/mol. The SMILES string of the molecule is Nc1ccc2c(c1)CCc1c(-c3cccc(OC(F)(F)F)c3)cc(-c3ccccc3O)nc1-2. The van der Waals surface area contributed by atoms with Gasteiger partial charge in [0.15, 0.2) is 0 Å². The van der Waals surface area contributed by atoms with E-state index in [4.69, 9.17) is 10.7 Å². The molecule has 4 aromatic rings. The van der Waals surface area contributed by atoms with Crippen molar-refractivity contribution in [3.05, 3.63) is 83.9 Å². The molecule has 0 fully saturated rings. The fourth-order valence-corrected chi connectivity index (χ4v) is 4.31. The molecule has 166 valence electrons. The van der Waals surface area contributed by atoms with E-state index < -0.39 is 6.36 Å². The second kappa shape index (κ2) is 7.85. The summed E-state index contributed by atoms with van der Waals surface area (Å²) in [5, 5.41) is 10.4. The van der Waals surface area contributed by atoms with Gasteiger partial charge in [-0.2, -0.15) is 0 Å². The van der Waals surface area contributed by atoms with Crippen molar-refractivity contribution in [2.75, 3.05) is 5.73 Å². The van der Waals surface area contributed by atoms with Crippen LogP contribution in [0.2, 0.25) is 0 Å². The van der Waals surface area contributed by atoms with Crippen LogP contribution in [0.5, 0.6) is 11.5 Å². The molecule has 0 spiro atoms. The fraction of sp³-hybridized carbons (Fsp3) is 0.115. The average Bonchev–Trinajstić information content (AvgIpc) is 2.77. The number of halogens is 3. The lowest BCUT2D eigenvalue weighted by molar-refractivity contribution is -0.274. The number of nitrogens with zero attached hydrogens (tertiary/aromatic N) is 1. The first-order valence-corrected chi connectivity index (χ1v) is 10.4. The molecule has 0 saturated heterocycles. The quantitative estimate of drug-likeness (QED) is 0.358. The predicted octanol–water partition coefficient (Wildman–Crippen LogP) is 6.37. The second-order valence-electron chi connectivity index (χ2n) is 7.89. The normalized spacial score (nSPS) is 12.7. The first-order chi connectivity index (χ1) is 15.8. The van der Waals surface area contributed by atoms with E-state index in [1.165, 1.54) is 18.2 Å². The second-order valence-corrected chi connectivity index (χ2v) is 7.89. The van der Waals surface area contributed by atoms with E-state index in [-0.39, 0.29) is 11.5 Å². The van der Waals surface area contributed by atoms with Gasteiger partial charge in [-0.3, -0.25) is 0 Å². The third kappa shape index (κ3) is 4.09. The predicted molar refractivity (Wildman–Crippen MR) is 121 cm³/mol. The standard InChI is InChI=1S/C26H19F3N2O2/c27-26(28,29)33-18-5-3-4-15(13-18)22-14-23(21-6-1-2-7-24(21)32)31-25-19-11-9-17(30)12-16(19)8-10-20(22)25/h1-7,9,11-14,32H,8,10,30H2. The summed E-state index contributed by atoms with van der Waals surface area (Å²) in [7, 11) is 0. The van der Waals surface area contributed by atoms with Crippen LogP contribution < -0.4 is 10.5 Å². The zero-order valence-corrected chi connectivity index (χ0v) is 17.4. The largest absolute Gasteiger partial charge is 0.573 e. The lowest BCUT2D eigenvalue weighted by Gasteiger charge is -2.24. The number of aromatic hydroxyl groups is 1. The van der Waals surface area contributed by atoms with Crippen molar-refractivity contribution in [3.63, 3.8) is 0 Å². The van der Waals surface area contributed by atoms with Crippen LogP contribution in [0.15, 0.2) is 72.8 Å². The number of benzene rings is 3. The number of rotatable bonds is 3. The van der Waals surface area contributed by atoms with Crippen molar-refractivity contribution < 1.29 is 23.0 Å². The van der Waals surface area contributed by atoms with Crippen LogP contribution >= 0.6 is 0 Å². The van der Waals surface area contributed by atoms with E-state index in [0.717, 1.165) is 34.4 Å². The number of phenols is 1. The molecular formula is C26H19F3N2O2. The molecule has 33 heavy (non-hydrogen) atoms. The number of ether oxygens (including phenoxy) is 1. The van der Waals surface area contributed by atoms with Crippen molar-refractivity contribution in [2.24, 2.45) is 0 Å². The van der Waals surface area contributed by atoms with E-state index in [1.807, 2.05) is 18.2 Å². The van der Waals surface area contributed by atoms with Crippen LogP contribution in [0.3, 0.4) is 0 Å². The molecule has 0 aliphatic heterocycles. The summed E-state index contributed by atoms with van der Waals surface area (Å²) in [6, 6.07) is 20.2. The maximum Gasteiger partial charge on any atom is 0.573 e. The molecule has 4 nitrogen and oxygen atoms in total. The Morgan fingerprint density at radius 3 is 2.45 bits per heavy atom. The summed E-state index contributed by atoms with van der Waals surface area (Å²) in [5.74, 6) is -0.225. The van der Waals surface area contributed by atoms with Gasteiger partial charge < -0.3 is 15.6 Å². The number of hydrogen-bond donors (Lipinski definition) is 2. The van der Waals surface area contributed by atoms with Gasteiger partial charge in [0, 0.05) is 16.8 Å². The van der Waals surface area contributed by atoms with Gasteiger partial charge in [0.1, 0.15) is 11.5 Å². The summed E-state index contributed by atoms with van der Waals surface area (Å²) in [6.45, 7) is 0. The first-order valence-electron chi connectivity index (χ1n) is 10.4. The molecule has 1 heterocycles. The van der Waals surface area contributed by atoms with E-state index >= 15 is 0 Å².